The van der Waals surface area contributed by atoms with Gasteiger partial charge in [-0.2, -0.15) is 0 Å². The molecule has 1 aromatic heterocycles. The Bertz CT molecular complexity index is 352. The lowest BCUT2D eigenvalue weighted by Crippen LogP contribution is -2.35. The first kappa shape index (κ1) is 10.3. The van der Waals surface area contributed by atoms with Crippen LogP contribution in [0.1, 0.15) is 43.1 Å². The number of aliphatic hydroxyl groups is 1. The topological polar surface area (TPSA) is 49.5 Å². The molecule has 0 atom stereocenters. The first-order chi connectivity index (χ1) is 7.81. The summed E-state index contributed by atoms with van der Waals surface area (Å²) in [5, 5.41) is 13.5. The van der Waals surface area contributed by atoms with Crippen molar-refractivity contribution in [3.05, 3.63) is 17.5 Å². The normalized spacial score (nSPS) is 23.8. The summed E-state index contributed by atoms with van der Waals surface area (Å²) in [6.07, 6.45) is 4.17. The van der Waals surface area contributed by atoms with Crippen LogP contribution in [0.3, 0.4) is 0 Å². The summed E-state index contributed by atoms with van der Waals surface area (Å²) in [6.45, 7) is 2.79. The van der Waals surface area contributed by atoms with Gasteiger partial charge in [0.25, 0.3) is 0 Å². The predicted molar refractivity (Wildman–Crippen MR) is 59.0 cm³/mol. The summed E-state index contributed by atoms with van der Waals surface area (Å²) in [5.74, 6) is 1.71. The van der Waals surface area contributed by atoms with Gasteiger partial charge in [-0.3, -0.25) is 4.90 Å². The van der Waals surface area contributed by atoms with Crippen molar-refractivity contribution in [2.45, 2.75) is 44.2 Å². The molecule has 2 heterocycles. The Labute approximate surface area is 95.2 Å². The Morgan fingerprint density at radius 3 is 2.75 bits per heavy atom. The van der Waals surface area contributed by atoms with Gasteiger partial charge in [-0.05, 0) is 25.7 Å². The van der Waals surface area contributed by atoms with Crippen molar-refractivity contribution in [2.24, 2.45) is 0 Å². The largest absolute Gasteiger partial charge is 0.393 e. The Kier molecular flexibility index (Phi) is 2.69. The van der Waals surface area contributed by atoms with Gasteiger partial charge in [-0.1, -0.05) is 5.16 Å². The van der Waals surface area contributed by atoms with Crippen LogP contribution in [0.25, 0.3) is 0 Å². The second-order valence-corrected chi connectivity index (χ2v) is 5.00. The van der Waals surface area contributed by atoms with Gasteiger partial charge < -0.3 is 9.63 Å². The zero-order valence-electron chi connectivity index (χ0n) is 9.43. The Hall–Kier alpha value is -0.870. The zero-order valence-corrected chi connectivity index (χ0v) is 9.43. The van der Waals surface area contributed by atoms with Crippen molar-refractivity contribution >= 4 is 0 Å². The lowest BCUT2D eigenvalue weighted by atomic mass is 10.1. The number of aromatic nitrogens is 1. The van der Waals surface area contributed by atoms with Gasteiger partial charge in [-0.15, -0.1) is 0 Å². The van der Waals surface area contributed by atoms with Crippen molar-refractivity contribution in [2.75, 3.05) is 13.1 Å². The standard InChI is InChI=1S/C12H18N2O2/c15-11-3-5-14(6-4-11)8-10-7-12(16-13-10)9-1-2-9/h7,9,11,15H,1-6,8H2. The molecule has 0 bridgehead atoms. The van der Waals surface area contributed by atoms with Gasteiger partial charge in [-0.25, -0.2) is 0 Å². The molecule has 1 N–H and O–H groups in total. The lowest BCUT2D eigenvalue weighted by Gasteiger charge is -2.28. The highest BCUT2D eigenvalue weighted by Gasteiger charge is 2.28. The molecule has 0 amide bonds. The lowest BCUT2D eigenvalue weighted by molar-refractivity contribution is 0.0782. The van der Waals surface area contributed by atoms with Crippen molar-refractivity contribution in [1.82, 2.24) is 10.1 Å². The predicted octanol–water partition coefficient (Wildman–Crippen LogP) is 1.51. The van der Waals surface area contributed by atoms with Crippen molar-refractivity contribution in [1.29, 1.82) is 0 Å². The zero-order chi connectivity index (χ0) is 11.0. The molecule has 88 valence electrons. The van der Waals surface area contributed by atoms with Crippen molar-refractivity contribution < 1.29 is 9.63 Å². The Morgan fingerprint density at radius 1 is 1.31 bits per heavy atom. The number of likely N-dealkylation sites (tertiary alicyclic amines) is 1. The van der Waals surface area contributed by atoms with Crippen LogP contribution in [-0.4, -0.2) is 34.4 Å². The monoisotopic (exact) mass is 222 g/mol. The van der Waals surface area contributed by atoms with E-state index in [4.69, 9.17) is 4.52 Å². The Balaban J connectivity index is 1.56. The maximum Gasteiger partial charge on any atom is 0.140 e. The van der Waals surface area contributed by atoms with E-state index < -0.39 is 0 Å². The van der Waals surface area contributed by atoms with Crippen molar-refractivity contribution in [3.63, 3.8) is 0 Å². The van der Waals surface area contributed by atoms with E-state index in [2.05, 4.69) is 16.1 Å². The highest BCUT2D eigenvalue weighted by molar-refractivity contribution is 5.14. The third-order valence-electron chi connectivity index (χ3n) is 3.50. The molecule has 1 aliphatic carbocycles. The minimum Gasteiger partial charge on any atom is -0.393 e. The fourth-order valence-corrected chi connectivity index (χ4v) is 2.27. The van der Waals surface area contributed by atoms with E-state index in [0.717, 1.165) is 43.9 Å². The van der Waals surface area contributed by atoms with E-state index in [1.165, 1.54) is 12.8 Å². The Morgan fingerprint density at radius 2 is 2.06 bits per heavy atom. The summed E-state index contributed by atoms with van der Waals surface area (Å²) < 4.78 is 5.33. The molecule has 4 nitrogen and oxygen atoms in total. The van der Waals surface area contributed by atoms with Crippen LogP contribution >= 0.6 is 0 Å². The SMILES string of the molecule is OC1CCN(Cc2cc(C3CC3)on2)CC1. The average Bonchev–Trinajstić information content (AvgIpc) is 3.04. The molecule has 3 rings (SSSR count). The first-order valence-corrected chi connectivity index (χ1v) is 6.17. The summed E-state index contributed by atoms with van der Waals surface area (Å²) in [6, 6.07) is 2.10. The molecular formula is C12H18N2O2. The number of piperidine rings is 1. The molecule has 2 aliphatic rings. The summed E-state index contributed by atoms with van der Waals surface area (Å²) in [5.41, 5.74) is 1.04. The van der Waals surface area contributed by atoms with Crippen LogP contribution in [-0.2, 0) is 6.54 Å². The second kappa shape index (κ2) is 4.18. The third-order valence-corrected chi connectivity index (χ3v) is 3.50. The molecule has 16 heavy (non-hydrogen) atoms. The van der Waals surface area contributed by atoms with E-state index in [1.54, 1.807) is 0 Å². The fourth-order valence-electron chi connectivity index (χ4n) is 2.27. The van der Waals surface area contributed by atoms with Gasteiger partial charge in [0.05, 0.1) is 11.8 Å². The maximum absolute atomic E-state index is 9.42. The van der Waals surface area contributed by atoms with Crippen LogP contribution in [0, 0.1) is 0 Å². The maximum atomic E-state index is 9.42. The molecule has 1 saturated carbocycles. The summed E-state index contributed by atoms with van der Waals surface area (Å²) in [7, 11) is 0. The van der Waals surface area contributed by atoms with E-state index in [-0.39, 0.29) is 6.10 Å². The second-order valence-electron chi connectivity index (χ2n) is 5.00. The summed E-state index contributed by atoms with van der Waals surface area (Å²) >= 11 is 0. The van der Waals surface area contributed by atoms with Gasteiger partial charge in [0, 0.05) is 31.6 Å². The van der Waals surface area contributed by atoms with Gasteiger partial charge >= 0.3 is 0 Å². The number of hydrogen-bond donors (Lipinski definition) is 1. The van der Waals surface area contributed by atoms with Crippen LogP contribution in [0.15, 0.2) is 10.6 Å². The first-order valence-electron chi connectivity index (χ1n) is 6.17. The summed E-state index contributed by atoms with van der Waals surface area (Å²) in [4.78, 5) is 2.33. The molecule has 0 unspecified atom stereocenters. The van der Waals surface area contributed by atoms with Crippen LogP contribution in [0.2, 0.25) is 0 Å². The molecule has 1 aromatic rings. The molecule has 2 fully saturated rings. The van der Waals surface area contributed by atoms with E-state index in [1.807, 2.05) is 0 Å². The van der Waals surface area contributed by atoms with Crippen LogP contribution < -0.4 is 0 Å². The molecule has 0 aromatic carbocycles. The highest BCUT2D eigenvalue weighted by atomic mass is 16.5. The molecule has 1 saturated heterocycles. The molecule has 1 aliphatic heterocycles. The third kappa shape index (κ3) is 2.28. The number of hydrogen-bond acceptors (Lipinski definition) is 4. The smallest absolute Gasteiger partial charge is 0.140 e. The molecule has 4 heteroatoms. The minimum absolute atomic E-state index is 0.101. The van der Waals surface area contributed by atoms with Crippen molar-refractivity contribution in [3.8, 4) is 0 Å². The quantitative estimate of drug-likeness (QED) is 0.842. The van der Waals surface area contributed by atoms with Gasteiger partial charge in [0.2, 0.25) is 0 Å². The van der Waals surface area contributed by atoms with E-state index >= 15 is 0 Å². The average molecular weight is 222 g/mol. The molecule has 0 radical (unpaired) electrons. The van der Waals surface area contributed by atoms with Gasteiger partial charge in [0.1, 0.15) is 5.76 Å². The van der Waals surface area contributed by atoms with Crippen LogP contribution in [0.4, 0.5) is 0 Å². The molecular weight excluding hydrogens is 204 g/mol. The number of aliphatic hydroxyl groups excluding tert-OH is 1. The van der Waals surface area contributed by atoms with E-state index in [9.17, 15) is 5.11 Å². The van der Waals surface area contributed by atoms with Gasteiger partial charge in [0.15, 0.2) is 0 Å². The highest BCUT2D eigenvalue weighted by Crippen LogP contribution is 2.40. The van der Waals surface area contributed by atoms with Crippen LogP contribution in [0.5, 0.6) is 0 Å². The fraction of sp³-hybridized carbons (Fsp3) is 0.750. The minimum atomic E-state index is -0.101. The van der Waals surface area contributed by atoms with E-state index in [0.29, 0.717) is 5.92 Å². The number of rotatable bonds is 3. The number of nitrogens with zero attached hydrogens (tertiary/aromatic N) is 2. The molecule has 0 spiro atoms.